The lowest BCUT2D eigenvalue weighted by Gasteiger charge is -2.37. The molecule has 6 nitrogen and oxygen atoms in total. The molecule has 1 N–H and O–H groups in total. The van der Waals surface area contributed by atoms with E-state index in [1.165, 1.54) is 13.2 Å². The molecule has 2 aromatic rings. The van der Waals surface area contributed by atoms with Gasteiger partial charge in [-0.2, -0.15) is 0 Å². The number of piperazine rings is 1. The van der Waals surface area contributed by atoms with Gasteiger partial charge in [0.2, 0.25) is 11.8 Å². The Balaban J connectivity index is 1.70. The third-order valence-electron chi connectivity index (χ3n) is 5.24. The quantitative estimate of drug-likeness (QED) is 0.599. The molecule has 1 heterocycles. The van der Waals surface area contributed by atoms with Crippen LogP contribution in [0, 0.1) is 5.92 Å². The molecule has 2 aromatic carbocycles. The second kappa shape index (κ2) is 10.7. The van der Waals surface area contributed by atoms with Crippen molar-refractivity contribution in [3.8, 4) is 5.75 Å². The molecule has 1 saturated heterocycles. The van der Waals surface area contributed by atoms with Gasteiger partial charge in [-0.1, -0.05) is 49.2 Å². The molecule has 1 fully saturated rings. The molecule has 32 heavy (non-hydrogen) atoms. The number of nitrogens with one attached hydrogen (secondary N) is 1. The maximum absolute atomic E-state index is 12.6. The Morgan fingerprint density at radius 3 is 2.44 bits per heavy atom. The number of hydrogen-bond acceptors (Lipinski definition) is 4. The van der Waals surface area contributed by atoms with E-state index in [2.05, 4.69) is 10.2 Å². The van der Waals surface area contributed by atoms with Gasteiger partial charge < -0.3 is 19.9 Å². The summed E-state index contributed by atoms with van der Waals surface area (Å²) in [5.74, 6) is 0.333. The highest BCUT2D eigenvalue weighted by atomic mass is 35.5. The van der Waals surface area contributed by atoms with E-state index in [9.17, 15) is 9.59 Å². The molecule has 0 saturated carbocycles. The van der Waals surface area contributed by atoms with E-state index < -0.39 is 0 Å². The van der Waals surface area contributed by atoms with Crippen LogP contribution in [0.4, 0.5) is 11.4 Å². The Labute approximate surface area is 198 Å². The van der Waals surface area contributed by atoms with Gasteiger partial charge in [-0.05, 0) is 30.3 Å². The summed E-state index contributed by atoms with van der Waals surface area (Å²) in [6.45, 7) is 6.57. The van der Waals surface area contributed by atoms with Crippen molar-refractivity contribution in [2.24, 2.45) is 5.92 Å². The van der Waals surface area contributed by atoms with Crippen LogP contribution < -0.4 is 15.0 Å². The number of para-hydroxylation sites is 2. The van der Waals surface area contributed by atoms with Crippen LogP contribution in [0.5, 0.6) is 5.75 Å². The molecule has 3 rings (SSSR count). The van der Waals surface area contributed by atoms with Crippen molar-refractivity contribution in [1.82, 2.24) is 4.90 Å². The van der Waals surface area contributed by atoms with Crippen molar-refractivity contribution in [2.45, 2.75) is 13.8 Å². The third kappa shape index (κ3) is 5.75. The van der Waals surface area contributed by atoms with Crippen molar-refractivity contribution in [1.29, 1.82) is 0 Å². The number of ether oxygens (including phenoxy) is 1. The van der Waals surface area contributed by atoms with E-state index in [0.29, 0.717) is 53.2 Å². The normalized spacial score (nSPS) is 14.2. The van der Waals surface area contributed by atoms with Gasteiger partial charge in [0, 0.05) is 48.8 Å². The van der Waals surface area contributed by atoms with Gasteiger partial charge in [-0.15, -0.1) is 0 Å². The van der Waals surface area contributed by atoms with Crippen LogP contribution in [0.1, 0.15) is 19.4 Å². The number of halogens is 2. The SMILES string of the molecule is COc1c(Cl)cc(Cl)cc1/C=C/C(=O)Nc1ccccc1N1CCN(C(=O)C(C)C)CC1. The molecular formula is C24H27Cl2N3O3. The van der Waals surface area contributed by atoms with Crippen LogP contribution in [0.25, 0.3) is 6.08 Å². The molecule has 0 spiro atoms. The Bertz CT molecular complexity index is 1020. The first-order valence-electron chi connectivity index (χ1n) is 10.4. The largest absolute Gasteiger partial charge is 0.495 e. The Kier molecular flexibility index (Phi) is 8.04. The topological polar surface area (TPSA) is 61.9 Å². The molecule has 0 unspecified atom stereocenters. The average molecular weight is 476 g/mol. The summed E-state index contributed by atoms with van der Waals surface area (Å²) in [4.78, 5) is 29.0. The standard InChI is InChI=1S/C24H27Cl2N3O3/c1-16(2)24(31)29-12-10-28(11-13-29)21-7-5-4-6-20(21)27-22(30)9-8-17-14-18(25)15-19(26)23(17)32-3/h4-9,14-16H,10-13H2,1-3H3,(H,27,30)/b9-8+. The minimum absolute atomic E-state index is 0.00656. The fourth-order valence-corrected chi connectivity index (χ4v) is 4.23. The number of methoxy groups -OCH3 is 1. The highest BCUT2D eigenvalue weighted by Crippen LogP contribution is 2.33. The minimum Gasteiger partial charge on any atom is -0.495 e. The molecule has 170 valence electrons. The molecule has 1 aliphatic rings. The van der Waals surface area contributed by atoms with Crippen LogP contribution in [-0.2, 0) is 9.59 Å². The zero-order valence-electron chi connectivity index (χ0n) is 18.4. The minimum atomic E-state index is -0.288. The molecule has 0 aromatic heterocycles. The van der Waals surface area contributed by atoms with Crippen molar-refractivity contribution in [3.05, 3.63) is 58.1 Å². The van der Waals surface area contributed by atoms with Crippen molar-refractivity contribution in [2.75, 3.05) is 43.5 Å². The monoisotopic (exact) mass is 475 g/mol. The summed E-state index contributed by atoms with van der Waals surface area (Å²) in [5.41, 5.74) is 2.25. The van der Waals surface area contributed by atoms with E-state index >= 15 is 0 Å². The van der Waals surface area contributed by atoms with E-state index in [-0.39, 0.29) is 17.7 Å². The molecule has 0 atom stereocenters. The summed E-state index contributed by atoms with van der Waals surface area (Å²) in [6.07, 6.45) is 3.03. The number of carbonyl (C=O) groups is 2. The van der Waals surface area contributed by atoms with Crippen LogP contribution in [0.3, 0.4) is 0 Å². The summed E-state index contributed by atoms with van der Waals surface area (Å²) in [6, 6.07) is 10.9. The number of hydrogen-bond donors (Lipinski definition) is 1. The highest BCUT2D eigenvalue weighted by Gasteiger charge is 2.24. The molecule has 1 aliphatic heterocycles. The van der Waals surface area contributed by atoms with Gasteiger partial charge in [0.05, 0.1) is 23.5 Å². The van der Waals surface area contributed by atoms with Gasteiger partial charge in [0.25, 0.3) is 0 Å². The average Bonchev–Trinajstić information content (AvgIpc) is 2.77. The lowest BCUT2D eigenvalue weighted by Crippen LogP contribution is -2.50. The van der Waals surface area contributed by atoms with Crippen molar-refractivity contribution < 1.29 is 14.3 Å². The number of anilines is 2. The first-order valence-corrected chi connectivity index (χ1v) is 11.2. The predicted octanol–water partition coefficient (Wildman–Crippen LogP) is 4.96. The fourth-order valence-electron chi connectivity index (χ4n) is 3.65. The Hall–Kier alpha value is -2.70. The van der Waals surface area contributed by atoms with E-state index in [4.69, 9.17) is 27.9 Å². The summed E-state index contributed by atoms with van der Waals surface area (Å²) >= 11 is 12.2. The lowest BCUT2D eigenvalue weighted by molar-refractivity contribution is -0.134. The number of nitrogens with zero attached hydrogens (tertiary/aromatic N) is 2. The zero-order chi connectivity index (χ0) is 23.3. The lowest BCUT2D eigenvalue weighted by atomic mass is 10.1. The summed E-state index contributed by atoms with van der Waals surface area (Å²) in [5, 5.41) is 3.77. The van der Waals surface area contributed by atoms with Crippen LogP contribution in [0.2, 0.25) is 10.0 Å². The van der Waals surface area contributed by atoms with Gasteiger partial charge in [0.1, 0.15) is 5.75 Å². The summed E-state index contributed by atoms with van der Waals surface area (Å²) in [7, 11) is 1.51. The number of carbonyl (C=O) groups excluding carboxylic acids is 2. The summed E-state index contributed by atoms with van der Waals surface area (Å²) < 4.78 is 5.31. The third-order valence-corrected chi connectivity index (χ3v) is 5.74. The van der Waals surface area contributed by atoms with Crippen molar-refractivity contribution >= 4 is 52.5 Å². The van der Waals surface area contributed by atoms with Gasteiger partial charge in [-0.3, -0.25) is 9.59 Å². The molecule has 0 bridgehead atoms. The molecule has 0 aliphatic carbocycles. The van der Waals surface area contributed by atoms with Gasteiger partial charge in [-0.25, -0.2) is 0 Å². The Morgan fingerprint density at radius 1 is 1.09 bits per heavy atom. The molecule has 8 heteroatoms. The van der Waals surface area contributed by atoms with Crippen molar-refractivity contribution in [3.63, 3.8) is 0 Å². The van der Waals surface area contributed by atoms with E-state index in [1.54, 1.807) is 18.2 Å². The zero-order valence-corrected chi connectivity index (χ0v) is 19.9. The highest BCUT2D eigenvalue weighted by molar-refractivity contribution is 6.36. The molecular weight excluding hydrogens is 449 g/mol. The van der Waals surface area contributed by atoms with Gasteiger partial charge >= 0.3 is 0 Å². The van der Waals surface area contributed by atoms with E-state index in [0.717, 1.165) is 5.69 Å². The van der Waals surface area contributed by atoms with Crippen LogP contribution >= 0.6 is 23.2 Å². The second-order valence-electron chi connectivity index (χ2n) is 7.82. The molecule has 2 amide bonds. The van der Waals surface area contributed by atoms with Crippen LogP contribution in [0.15, 0.2) is 42.5 Å². The number of benzene rings is 2. The van der Waals surface area contributed by atoms with Gasteiger partial charge in [0.15, 0.2) is 0 Å². The first-order chi connectivity index (χ1) is 15.3. The Morgan fingerprint density at radius 2 is 1.78 bits per heavy atom. The second-order valence-corrected chi connectivity index (χ2v) is 8.66. The van der Waals surface area contributed by atoms with E-state index in [1.807, 2.05) is 43.0 Å². The number of rotatable bonds is 6. The van der Waals surface area contributed by atoms with Crippen LogP contribution in [-0.4, -0.2) is 50.0 Å². The maximum Gasteiger partial charge on any atom is 0.248 e. The number of amides is 2. The predicted molar refractivity (Wildman–Crippen MR) is 131 cm³/mol. The first kappa shape index (κ1) is 24.0. The maximum atomic E-state index is 12.6. The molecule has 0 radical (unpaired) electrons. The smallest absolute Gasteiger partial charge is 0.248 e. The fraction of sp³-hybridized carbons (Fsp3) is 0.333.